The van der Waals surface area contributed by atoms with Crippen LogP contribution < -0.4 is 4.90 Å². The molecule has 2 heteroatoms. The van der Waals surface area contributed by atoms with Crippen LogP contribution in [0.1, 0.15) is 22.3 Å². The Bertz CT molecular complexity index is 1110. The molecular formula is C25H23NO. The predicted octanol–water partition coefficient (Wildman–Crippen LogP) is 6.63. The Morgan fingerprint density at radius 1 is 0.889 bits per heavy atom. The Balaban J connectivity index is 1.83. The summed E-state index contributed by atoms with van der Waals surface area (Å²) in [5, 5.41) is 1.17. The van der Waals surface area contributed by atoms with Crippen LogP contribution in [0, 0.1) is 26.7 Å². The first-order valence-corrected chi connectivity index (χ1v) is 9.55. The predicted molar refractivity (Wildman–Crippen MR) is 114 cm³/mol. The number of para-hydroxylation sites is 1. The lowest BCUT2D eigenvalue weighted by atomic mass is 9.92. The number of rotatable bonds is 1. The van der Waals surface area contributed by atoms with E-state index in [9.17, 15) is 0 Å². The van der Waals surface area contributed by atoms with Crippen LogP contribution in [0.25, 0.3) is 17.0 Å². The van der Waals surface area contributed by atoms with Gasteiger partial charge in [-0.25, -0.2) is 0 Å². The zero-order valence-electron chi connectivity index (χ0n) is 15.9. The fourth-order valence-corrected chi connectivity index (χ4v) is 4.59. The maximum Gasteiger partial charge on any atom is 0.209 e. The van der Waals surface area contributed by atoms with Gasteiger partial charge in [0.2, 0.25) is 5.88 Å². The van der Waals surface area contributed by atoms with Gasteiger partial charge >= 0.3 is 0 Å². The van der Waals surface area contributed by atoms with Crippen molar-refractivity contribution in [2.24, 2.45) is 5.92 Å². The summed E-state index contributed by atoms with van der Waals surface area (Å²) >= 11 is 0. The minimum Gasteiger partial charge on any atom is -0.439 e. The van der Waals surface area contributed by atoms with Crippen molar-refractivity contribution in [3.05, 3.63) is 89.0 Å². The Morgan fingerprint density at radius 2 is 1.63 bits per heavy atom. The third kappa shape index (κ3) is 2.48. The molecule has 2 aliphatic rings. The lowest BCUT2D eigenvalue weighted by molar-refractivity contribution is 0.566. The van der Waals surface area contributed by atoms with Gasteiger partial charge in [-0.1, -0.05) is 72.4 Å². The van der Waals surface area contributed by atoms with Gasteiger partial charge in [0.25, 0.3) is 0 Å². The zero-order chi connectivity index (χ0) is 18.5. The van der Waals surface area contributed by atoms with Crippen molar-refractivity contribution in [2.45, 2.75) is 26.8 Å². The van der Waals surface area contributed by atoms with E-state index in [-0.39, 0.29) is 6.04 Å². The first kappa shape index (κ1) is 16.2. The molecule has 0 saturated heterocycles. The Morgan fingerprint density at radius 3 is 2.44 bits per heavy atom. The van der Waals surface area contributed by atoms with Gasteiger partial charge in [0.1, 0.15) is 5.58 Å². The van der Waals surface area contributed by atoms with Crippen molar-refractivity contribution >= 4 is 28.6 Å². The molecule has 0 saturated carbocycles. The first-order valence-electron chi connectivity index (χ1n) is 9.55. The summed E-state index contributed by atoms with van der Waals surface area (Å²) < 4.78 is 6.44. The topological polar surface area (TPSA) is 16.4 Å². The Labute approximate surface area is 160 Å². The lowest BCUT2D eigenvalue weighted by Gasteiger charge is -2.35. The summed E-state index contributed by atoms with van der Waals surface area (Å²) in [6.07, 6.45) is 13.4. The maximum atomic E-state index is 6.44. The molecule has 1 aromatic heterocycles. The molecule has 0 amide bonds. The van der Waals surface area contributed by atoms with E-state index in [1.807, 2.05) is 6.07 Å². The van der Waals surface area contributed by atoms with Gasteiger partial charge in [-0.15, -0.1) is 0 Å². The largest absolute Gasteiger partial charge is 0.439 e. The zero-order valence-corrected chi connectivity index (χ0v) is 15.9. The highest BCUT2D eigenvalue weighted by Gasteiger charge is 2.33. The molecule has 0 fully saturated rings. The molecule has 0 spiro atoms. The van der Waals surface area contributed by atoms with E-state index in [1.165, 1.54) is 33.3 Å². The number of hydrogen-bond acceptors (Lipinski definition) is 2. The second-order valence-corrected chi connectivity index (χ2v) is 7.63. The molecule has 134 valence electrons. The summed E-state index contributed by atoms with van der Waals surface area (Å²) in [6.45, 7) is 6.56. The number of furan rings is 1. The highest BCUT2D eigenvalue weighted by Crippen LogP contribution is 2.45. The average molecular weight is 353 g/mol. The standard InChI is InChI=1S/C25H23NO/c1-16-14-17(2)24(18(3)15-16)26-22-10-6-4-8-19(22)12-13-21-20-9-5-7-11-23(20)27-25(21)26/h4-15,19,22H,1-3H3. The molecule has 0 radical (unpaired) electrons. The van der Waals surface area contributed by atoms with Crippen LogP contribution in [-0.4, -0.2) is 6.04 Å². The lowest BCUT2D eigenvalue weighted by Crippen LogP contribution is -2.35. The molecule has 2 atom stereocenters. The Hall–Kier alpha value is -3.00. The van der Waals surface area contributed by atoms with Crippen molar-refractivity contribution in [3.8, 4) is 0 Å². The number of aryl methyl sites for hydroxylation is 3. The van der Waals surface area contributed by atoms with Gasteiger partial charge in [-0.3, -0.25) is 0 Å². The number of hydrogen-bond donors (Lipinski definition) is 0. The van der Waals surface area contributed by atoms with Gasteiger partial charge < -0.3 is 9.32 Å². The summed E-state index contributed by atoms with van der Waals surface area (Å²) in [5.74, 6) is 1.26. The van der Waals surface area contributed by atoms with E-state index in [0.717, 1.165) is 11.5 Å². The molecule has 1 aliphatic heterocycles. The van der Waals surface area contributed by atoms with Gasteiger partial charge in [-0.05, 0) is 38.0 Å². The molecule has 2 heterocycles. The molecule has 0 N–H and O–H groups in total. The highest BCUT2D eigenvalue weighted by molar-refractivity contribution is 5.95. The summed E-state index contributed by atoms with van der Waals surface area (Å²) in [5.41, 5.74) is 7.21. The van der Waals surface area contributed by atoms with Crippen LogP contribution in [0.2, 0.25) is 0 Å². The maximum absolute atomic E-state index is 6.44. The third-order valence-corrected chi connectivity index (χ3v) is 5.64. The molecule has 2 nitrogen and oxygen atoms in total. The fourth-order valence-electron chi connectivity index (χ4n) is 4.59. The number of benzene rings is 2. The van der Waals surface area contributed by atoms with Gasteiger partial charge in [0.15, 0.2) is 0 Å². The van der Waals surface area contributed by atoms with E-state index >= 15 is 0 Å². The number of fused-ring (bicyclic) bond motifs is 4. The summed E-state index contributed by atoms with van der Waals surface area (Å²) in [6, 6.07) is 13.0. The second-order valence-electron chi connectivity index (χ2n) is 7.63. The van der Waals surface area contributed by atoms with Crippen LogP contribution in [0.3, 0.4) is 0 Å². The number of allylic oxidation sites excluding steroid dienone is 2. The van der Waals surface area contributed by atoms with Crippen molar-refractivity contribution in [1.82, 2.24) is 0 Å². The highest BCUT2D eigenvalue weighted by atomic mass is 16.4. The van der Waals surface area contributed by atoms with E-state index in [2.05, 4.69) is 92.5 Å². The number of nitrogens with zero attached hydrogens (tertiary/aromatic N) is 1. The summed E-state index contributed by atoms with van der Waals surface area (Å²) in [7, 11) is 0. The van der Waals surface area contributed by atoms with Crippen LogP contribution in [0.4, 0.5) is 11.6 Å². The summed E-state index contributed by atoms with van der Waals surface area (Å²) in [4.78, 5) is 2.41. The van der Waals surface area contributed by atoms with Crippen molar-refractivity contribution < 1.29 is 4.42 Å². The van der Waals surface area contributed by atoms with Gasteiger partial charge in [-0.2, -0.15) is 0 Å². The minimum atomic E-state index is 0.202. The first-order chi connectivity index (χ1) is 13.1. The molecular weight excluding hydrogens is 330 g/mol. The van der Waals surface area contributed by atoms with Crippen molar-refractivity contribution in [2.75, 3.05) is 4.90 Å². The third-order valence-electron chi connectivity index (χ3n) is 5.64. The molecule has 1 aliphatic carbocycles. The van der Waals surface area contributed by atoms with Crippen molar-refractivity contribution in [3.63, 3.8) is 0 Å². The molecule has 0 bridgehead atoms. The van der Waals surface area contributed by atoms with Crippen LogP contribution >= 0.6 is 0 Å². The molecule has 5 rings (SSSR count). The quantitative estimate of drug-likeness (QED) is 0.488. The smallest absolute Gasteiger partial charge is 0.209 e. The molecule has 2 unspecified atom stereocenters. The SMILES string of the molecule is Cc1cc(C)c(N2c3oc4ccccc4c3C=CC3C=CC=CC32)c(C)c1. The molecule has 27 heavy (non-hydrogen) atoms. The van der Waals surface area contributed by atoms with E-state index in [1.54, 1.807) is 0 Å². The van der Waals surface area contributed by atoms with E-state index < -0.39 is 0 Å². The number of anilines is 2. The van der Waals surface area contributed by atoms with E-state index in [0.29, 0.717) is 5.92 Å². The molecule has 3 aromatic rings. The normalized spacial score (nSPS) is 20.6. The molecule has 2 aromatic carbocycles. The fraction of sp³-hybridized carbons (Fsp3) is 0.200. The average Bonchev–Trinajstić information content (AvgIpc) is 2.93. The van der Waals surface area contributed by atoms with Crippen molar-refractivity contribution in [1.29, 1.82) is 0 Å². The van der Waals surface area contributed by atoms with Gasteiger partial charge in [0, 0.05) is 16.9 Å². The Kier molecular flexibility index (Phi) is 3.61. The minimum absolute atomic E-state index is 0.202. The van der Waals surface area contributed by atoms with Crippen LogP contribution in [0.15, 0.2) is 71.2 Å². The van der Waals surface area contributed by atoms with Crippen LogP contribution in [0.5, 0.6) is 0 Å². The van der Waals surface area contributed by atoms with E-state index in [4.69, 9.17) is 4.42 Å². The van der Waals surface area contributed by atoms with Crippen LogP contribution in [-0.2, 0) is 0 Å². The monoisotopic (exact) mass is 353 g/mol. The van der Waals surface area contributed by atoms with Gasteiger partial charge in [0.05, 0.1) is 11.7 Å². The second kappa shape index (κ2) is 6.02.